The average Bonchev–Trinajstić information content (AvgIpc) is 3.22. The molecule has 0 saturated heterocycles. The minimum atomic E-state index is -3.80. The number of carbonyl (C=O) groups is 1. The first kappa shape index (κ1) is 21.1. The van der Waals surface area contributed by atoms with Gasteiger partial charge in [-0.1, -0.05) is 18.2 Å². The van der Waals surface area contributed by atoms with Gasteiger partial charge in [-0.05, 0) is 54.3 Å². The number of halogens is 2. The largest absolute Gasteiger partial charge is 0.346 e. The van der Waals surface area contributed by atoms with E-state index in [0.29, 0.717) is 5.56 Å². The molecular formula is C20H18F2N2O3S2. The van der Waals surface area contributed by atoms with E-state index in [1.54, 1.807) is 6.92 Å². The van der Waals surface area contributed by atoms with Gasteiger partial charge in [0, 0.05) is 17.0 Å². The zero-order valence-corrected chi connectivity index (χ0v) is 17.0. The van der Waals surface area contributed by atoms with Crippen molar-refractivity contribution in [2.24, 2.45) is 0 Å². The van der Waals surface area contributed by atoms with Crippen molar-refractivity contribution in [2.45, 2.75) is 24.4 Å². The first-order valence-corrected chi connectivity index (χ1v) is 11.0. The Morgan fingerprint density at radius 2 is 1.86 bits per heavy atom. The maximum Gasteiger partial charge on any atom is 0.251 e. The molecule has 9 heteroatoms. The van der Waals surface area contributed by atoms with Crippen LogP contribution in [0.2, 0.25) is 0 Å². The Morgan fingerprint density at radius 3 is 2.55 bits per heavy atom. The molecule has 2 aromatic carbocycles. The van der Waals surface area contributed by atoms with Crippen LogP contribution in [0.25, 0.3) is 0 Å². The number of sulfonamides is 1. The van der Waals surface area contributed by atoms with Crippen molar-refractivity contribution >= 4 is 27.3 Å². The number of thiophene rings is 1. The molecular weight excluding hydrogens is 418 g/mol. The van der Waals surface area contributed by atoms with E-state index < -0.39 is 33.6 Å². The summed E-state index contributed by atoms with van der Waals surface area (Å²) in [5.74, 6) is -2.51. The molecule has 0 fully saturated rings. The lowest BCUT2D eigenvalue weighted by Crippen LogP contribution is -2.27. The summed E-state index contributed by atoms with van der Waals surface area (Å²) in [7, 11) is -3.80. The fourth-order valence-electron chi connectivity index (χ4n) is 2.61. The lowest BCUT2D eigenvalue weighted by Gasteiger charge is -2.15. The monoisotopic (exact) mass is 436 g/mol. The molecule has 1 amide bonds. The van der Waals surface area contributed by atoms with Crippen molar-refractivity contribution in [3.8, 4) is 0 Å². The van der Waals surface area contributed by atoms with Gasteiger partial charge in [-0.3, -0.25) is 4.79 Å². The van der Waals surface area contributed by atoms with Crippen LogP contribution in [-0.2, 0) is 16.6 Å². The summed E-state index contributed by atoms with van der Waals surface area (Å²) < 4.78 is 54.0. The summed E-state index contributed by atoms with van der Waals surface area (Å²) in [4.78, 5) is 13.3. The molecule has 1 unspecified atom stereocenters. The van der Waals surface area contributed by atoms with Gasteiger partial charge >= 0.3 is 0 Å². The van der Waals surface area contributed by atoms with E-state index in [-0.39, 0.29) is 17.0 Å². The van der Waals surface area contributed by atoms with Crippen molar-refractivity contribution in [1.82, 2.24) is 10.0 Å². The number of amides is 1. The Labute approximate surface area is 171 Å². The molecule has 0 aliphatic carbocycles. The van der Waals surface area contributed by atoms with Crippen LogP contribution in [-0.4, -0.2) is 14.3 Å². The van der Waals surface area contributed by atoms with E-state index in [2.05, 4.69) is 10.0 Å². The quantitative estimate of drug-likeness (QED) is 0.588. The van der Waals surface area contributed by atoms with Gasteiger partial charge in [-0.2, -0.15) is 0 Å². The van der Waals surface area contributed by atoms with Crippen LogP contribution in [0.5, 0.6) is 0 Å². The smallest absolute Gasteiger partial charge is 0.251 e. The second kappa shape index (κ2) is 8.81. The number of hydrogen-bond donors (Lipinski definition) is 2. The van der Waals surface area contributed by atoms with Crippen molar-refractivity contribution in [2.75, 3.05) is 0 Å². The SMILES string of the molecule is CC(NC(=O)c1cccc(S(=O)(=O)NCc2cccs2)c1)c1ccc(F)c(F)c1. The van der Waals surface area contributed by atoms with Crippen LogP contribution in [0.3, 0.4) is 0 Å². The number of nitrogens with one attached hydrogen (secondary N) is 2. The topological polar surface area (TPSA) is 75.3 Å². The highest BCUT2D eigenvalue weighted by Crippen LogP contribution is 2.18. The van der Waals surface area contributed by atoms with Gasteiger partial charge < -0.3 is 5.32 Å². The predicted molar refractivity (Wildman–Crippen MR) is 107 cm³/mol. The second-order valence-electron chi connectivity index (χ2n) is 6.30. The summed E-state index contributed by atoms with van der Waals surface area (Å²) in [5, 5.41) is 4.50. The van der Waals surface area contributed by atoms with Gasteiger partial charge in [-0.15, -0.1) is 11.3 Å². The van der Waals surface area contributed by atoms with Gasteiger partial charge in [0.1, 0.15) is 0 Å². The Hall–Kier alpha value is -2.62. The van der Waals surface area contributed by atoms with Crippen LogP contribution in [0.4, 0.5) is 8.78 Å². The molecule has 1 aromatic heterocycles. The van der Waals surface area contributed by atoms with E-state index >= 15 is 0 Å². The first-order chi connectivity index (χ1) is 13.8. The summed E-state index contributed by atoms with van der Waals surface area (Å²) in [5.41, 5.74) is 0.525. The van der Waals surface area contributed by atoms with Crippen LogP contribution in [0, 0.1) is 11.6 Å². The Bertz CT molecular complexity index is 1120. The normalized spacial score (nSPS) is 12.5. The minimum Gasteiger partial charge on any atom is -0.346 e. The van der Waals surface area contributed by atoms with Crippen LogP contribution >= 0.6 is 11.3 Å². The van der Waals surface area contributed by atoms with Crippen LogP contribution in [0.1, 0.15) is 33.8 Å². The van der Waals surface area contributed by atoms with Gasteiger partial charge in [0.2, 0.25) is 10.0 Å². The fraction of sp³-hybridized carbons (Fsp3) is 0.150. The molecule has 0 saturated carbocycles. The molecule has 0 radical (unpaired) electrons. The van der Waals surface area contributed by atoms with Crippen molar-refractivity contribution < 1.29 is 22.0 Å². The molecule has 3 rings (SSSR count). The maximum atomic E-state index is 13.4. The van der Waals surface area contributed by atoms with E-state index in [4.69, 9.17) is 0 Å². The van der Waals surface area contributed by atoms with Crippen LogP contribution in [0.15, 0.2) is 64.9 Å². The molecule has 1 heterocycles. The summed E-state index contributed by atoms with van der Waals surface area (Å²) in [6, 6.07) is 12.0. The minimum absolute atomic E-state index is 0.0396. The Kier molecular flexibility index (Phi) is 6.41. The van der Waals surface area contributed by atoms with Crippen molar-refractivity contribution in [3.05, 3.63) is 87.6 Å². The van der Waals surface area contributed by atoms with Gasteiger partial charge in [0.05, 0.1) is 10.9 Å². The van der Waals surface area contributed by atoms with Crippen LogP contribution < -0.4 is 10.0 Å². The molecule has 0 spiro atoms. The molecule has 152 valence electrons. The fourth-order valence-corrected chi connectivity index (χ4v) is 4.40. The number of rotatable bonds is 7. The lowest BCUT2D eigenvalue weighted by molar-refractivity contribution is 0.0939. The molecule has 3 aromatic rings. The van der Waals surface area contributed by atoms with Gasteiger partial charge in [-0.25, -0.2) is 21.9 Å². The summed E-state index contributed by atoms with van der Waals surface area (Å²) in [6.45, 7) is 1.78. The Balaban J connectivity index is 1.72. The third kappa shape index (κ3) is 5.26. The molecule has 0 bridgehead atoms. The highest BCUT2D eigenvalue weighted by Gasteiger charge is 2.18. The highest BCUT2D eigenvalue weighted by atomic mass is 32.2. The van der Waals surface area contributed by atoms with E-state index in [9.17, 15) is 22.0 Å². The summed E-state index contributed by atoms with van der Waals surface area (Å²) in [6.07, 6.45) is 0. The highest BCUT2D eigenvalue weighted by molar-refractivity contribution is 7.89. The molecule has 1 atom stereocenters. The van der Waals surface area contributed by atoms with Gasteiger partial charge in [0.15, 0.2) is 11.6 Å². The van der Waals surface area contributed by atoms with Crippen molar-refractivity contribution in [3.63, 3.8) is 0 Å². The number of hydrogen-bond acceptors (Lipinski definition) is 4. The summed E-state index contributed by atoms with van der Waals surface area (Å²) >= 11 is 1.43. The Morgan fingerprint density at radius 1 is 1.07 bits per heavy atom. The zero-order valence-electron chi connectivity index (χ0n) is 15.4. The number of benzene rings is 2. The third-order valence-corrected chi connectivity index (χ3v) is 6.49. The van der Waals surface area contributed by atoms with Crippen molar-refractivity contribution in [1.29, 1.82) is 0 Å². The second-order valence-corrected chi connectivity index (χ2v) is 9.10. The third-order valence-electron chi connectivity index (χ3n) is 4.21. The average molecular weight is 437 g/mol. The van der Waals surface area contributed by atoms with Gasteiger partial charge in [0.25, 0.3) is 5.91 Å². The van der Waals surface area contributed by atoms with E-state index in [1.165, 1.54) is 41.7 Å². The zero-order chi connectivity index (χ0) is 21.0. The molecule has 0 aliphatic rings. The van der Waals surface area contributed by atoms with E-state index in [0.717, 1.165) is 17.0 Å². The molecule has 2 N–H and O–H groups in total. The maximum absolute atomic E-state index is 13.4. The standard InChI is InChI=1S/C20H18F2N2O3S2/c1-13(14-7-8-18(21)19(22)11-14)24-20(25)15-4-2-6-17(10-15)29(26,27)23-12-16-5-3-9-28-16/h2-11,13,23H,12H2,1H3,(H,24,25). The molecule has 29 heavy (non-hydrogen) atoms. The molecule has 0 aliphatic heterocycles. The number of carbonyl (C=O) groups excluding carboxylic acids is 1. The van der Waals surface area contributed by atoms with E-state index in [1.807, 2.05) is 17.5 Å². The molecule has 5 nitrogen and oxygen atoms in total. The predicted octanol–water partition coefficient (Wildman–Crippen LogP) is 4.00. The first-order valence-electron chi connectivity index (χ1n) is 8.64. The lowest BCUT2D eigenvalue weighted by atomic mass is 10.1.